The summed E-state index contributed by atoms with van der Waals surface area (Å²) in [6.07, 6.45) is 1.82. The Bertz CT molecular complexity index is 460. The minimum atomic E-state index is 0.493. The van der Waals surface area contributed by atoms with Crippen LogP contribution < -0.4 is 0 Å². The predicted octanol–water partition coefficient (Wildman–Crippen LogP) is 3.64. The number of hydrogen-bond acceptors (Lipinski definition) is 3. The maximum Gasteiger partial charge on any atom is 0.100 e. The van der Waals surface area contributed by atoms with Crippen molar-refractivity contribution in [2.24, 2.45) is 0 Å². The highest BCUT2D eigenvalue weighted by atomic mass is 32.1. The average Bonchev–Trinajstić information content (AvgIpc) is 2.67. The fourth-order valence-electron chi connectivity index (χ4n) is 1.42. The summed E-state index contributed by atoms with van der Waals surface area (Å²) in [6, 6.07) is 4.02. The van der Waals surface area contributed by atoms with Gasteiger partial charge in [0, 0.05) is 17.5 Å². The first-order valence-electron chi connectivity index (χ1n) is 5.06. The lowest BCUT2D eigenvalue weighted by Gasteiger charge is -2.00. The highest BCUT2D eigenvalue weighted by Crippen LogP contribution is 2.26. The largest absolute Gasteiger partial charge is 0.254 e. The summed E-state index contributed by atoms with van der Waals surface area (Å²) in [5, 5.41) is 3.26. The van der Waals surface area contributed by atoms with Crippen LogP contribution in [0.15, 0.2) is 23.7 Å². The van der Waals surface area contributed by atoms with Crippen LogP contribution in [-0.2, 0) is 0 Å². The molecule has 0 N–H and O–H groups in total. The fraction of sp³-hybridized carbons (Fsp3) is 0.333. The molecule has 2 heterocycles. The first-order chi connectivity index (χ1) is 7.18. The van der Waals surface area contributed by atoms with Crippen LogP contribution in [0.3, 0.4) is 0 Å². The number of pyridine rings is 1. The van der Waals surface area contributed by atoms with Gasteiger partial charge in [-0.2, -0.15) is 0 Å². The monoisotopic (exact) mass is 218 g/mol. The molecule has 0 aliphatic rings. The van der Waals surface area contributed by atoms with Crippen molar-refractivity contribution in [2.45, 2.75) is 26.7 Å². The average molecular weight is 218 g/mol. The van der Waals surface area contributed by atoms with Crippen molar-refractivity contribution >= 4 is 11.3 Å². The van der Waals surface area contributed by atoms with Crippen molar-refractivity contribution in [1.82, 2.24) is 9.97 Å². The molecule has 3 heteroatoms. The van der Waals surface area contributed by atoms with E-state index in [1.165, 1.54) is 10.6 Å². The van der Waals surface area contributed by atoms with Gasteiger partial charge in [-0.3, -0.25) is 4.98 Å². The number of hydrogen-bond donors (Lipinski definition) is 0. The lowest BCUT2D eigenvalue weighted by atomic mass is 10.2. The Balaban J connectivity index is 2.42. The topological polar surface area (TPSA) is 25.8 Å². The van der Waals surface area contributed by atoms with Gasteiger partial charge in [0.25, 0.3) is 0 Å². The van der Waals surface area contributed by atoms with Crippen LogP contribution in [0.2, 0.25) is 0 Å². The summed E-state index contributed by atoms with van der Waals surface area (Å²) in [5.74, 6) is 0.493. The SMILES string of the molecule is Cc1cccnc1-c1csc(C(C)C)n1. The molecule has 0 atom stereocenters. The maximum absolute atomic E-state index is 4.60. The maximum atomic E-state index is 4.60. The third kappa shape index (κ3) is 2.07. The molecule has 2 nitrogen and oxygen atoms in total. The van der Waals surface area contributed by atoms with E-state index < -0.39 is 0 Å². The highest BCUT2D eigenvalue weighted by molar-refractivity contribution is 7.10. The van der Waals surface area contributed by atoms with Gasteiger partial charge in [0.05, 0.1) is 10.7 Å². The number of nitrogens with zero attached hydrogens (tertiary/aromatic N) is 2. The number of rotatable bonds is 2. The Hall–Kier alpha value is -1.22. The molecule has 0 aliphatic heterocycles. The van der Waals surface area contributed by atoms with E-state index in [1.807, 2.05) is 12.3 Å². The summed E-state index contributed by atoms with van der Waals surface area (Å²) in [7, 11) is 0. The van der Waals surface area contributed by atoms with Crippen molar-refractivity contribution in [3.05, 3.63) is 34.3 Å². The molecule has 0 aliphatic carbocycles. The van der Waals surface area contributed by atoms with Gasteiger partial charge in [-0.15, -0.1) is 11.3 Å². The van der Waals surface area contributed by atoms with E-state index in [2.05, 4.69) is 42.2 Å². The summed E-state index contributed by atoms with van der Waals surface area (Å²) in [5.41, 5.74) is 3.18. The van der Waals surface area contributed by atoms with E-state index >= 15 is 0 Å². The lowest BCUT2D eigenvalue weighted by Crippen LogP contribution is -1.89. The first kappa shape index (κ1) is 10.3. The van der Waals surface area contributed by atoms with Crippen LogP contribution in [0, 0.1) is 6.92 Å². The van der Waals surface area contributed by atoms with Crippen LogP contribution in [-0.4, -0.2) is 9.97 Å². The quantitative estimate of drug-likeness (QED) is 0.769. The second kappa shape index (κ2) is 4.11. The van der Waals surface area contributed by atoms with Crippen LogP contribution in [0.25, 0.3) is 11.4 Å². The van der Waals surface area contributed by atoms with Crippen molar-refractivity contribution < 1.29 is 0 Å². The molecule has 2 rings (SSSR count). The van der Waals surface area contributed by atoms with E-state index in [9.17, 15) is 0 Å². The molecule has 0 aromatic carbocycles. The summed E-state index contributed by atoms with van der Waals surface area (Å²) in [4.78, 5) is 8.96. The Morgan fingerprint density at radius 3 is 2.73 bits per heavy atom. The van der Waals surface area contributed by atoms with Crippen molar-refractivity contribution in [1.29, 1.82) is 0 Å². The highest BCUT2D eigenvalue weighted by Gasteiger charge is 2.09. The molecule has 0 unspecified atom stereocenters. The number of aromatic nitrogens is 2. The van der Waals surface area contributed by atoms with E-state index in [0.29, 0.717) is 5.92 Å². The van der Waals surface area contributed by atoms with Crippen LogP contribution >= 0.6 is 11.3 Å². The van der Waals surface area contributed by atoms with Crippen molar-refractivity contribution in [3.63, 3.8) is 0 Å². The second-order valence-electron chi connectivity index (χ2n) is 3.89. The van der Waals surface area contributed by atoms with Crippen molar-refractivity contribution in [2.75, 3.05) is 0 Å². The Labute approximate surface area is 94.0 Å². The third-order valence-electron chi connectivity index (χ3n) is 2.27. The first-order valence-corrected chi connectivity index (χ1v) is 5.94. The van der Waals surface area contributed by atoms with Gasteiger partial charge in [-0.25, -0.2) is 4.98 Å². The Kier molecular flexibility index (Phi) is 2.82. The van der Waals surface area contributed by atoms with E-state index in [4.69, 9.17) is 0 Å². The molecule has 2 aromatic rings. The van der Waals surface area contributed by atoms with Crippen molar-refractivity contribution in [3.8, 4) is 11.4 Å². The molecule has 0 bridgehead atoms. The molecule has 0 radical (unpaired) electrons. The molecule has 78 valence electrons. The lowest BCUT2D eigenvalue weighted by molar-refractivity contribution is 0.853. The molecule has 15 heavy (non-hydrogen) atoms. The van der Waals surface area contributed by atoms with Crippen LogP contribution in [0.5, 0.6) is 0 Å². The van der Waals surface area contributed by atoms with Gasteiger partial charge in [-0.05, 0) is 18.6 Å². The Morgan fingerprint density at radius 2 is 2.13 bits per heavy atom. The van der Waals surface area contributed by atoms with Crippen LogP contribution in [0.1, 0.15) is 30.3 Å². The summed E-state index contributed by atoms with van der Waals surface area (Å²) >= 11 is 1.71. The molecule has 2 aromatic heterocycles. The molecule has 0 fully saturated rings. The van der Waals surface area contributed by atoms with E-state index in [1.54, 1.807) is 11.3 Å². The molecule has 0 amide bonds. The normalized spacial score (nSPS) is 10.9. The van der Waals surface area contributed by atoms with Gasteiger partial charge in [0.1, 0.15) is 5.69 Å². The Morgan fingerprint density at radius 1 is 1.33 bits per heavy atom. The zero-order chi connectivity index (χ0) is 10.8. The summed E-state index contributed by atoms with van der Waals surface area (Å²) < 4.78 is 0. The van der Waals surface area contributed by atoms with E-state index in [-0.39, 0.29) is 0 Å². The standard InChI is InChI=1S/C12H14N2S/c1-8(2)12-14-10(7-15-12)11-9(3)5-4-6-13-11/h4-8H,1-3H3. The predicted molar refractivity (Wildman–Crippen MR) is 64.2 cm³/mol. The van der Waals surface area contributed by atoms with E-state index in [0.717, 1.165) is 11.4 Å². The summed E-state index contributed by atoms with van der Waals surface area (Å²) in [6.45, 7) is 6.39. The zero-order valence-electron chi connectivity index (χ0n) is 9.19. The number of thiazole rings is 1. The molecule has 0 saturated heterocycles. The molecule has 0 saturated carbocycles. The second-order valence-corrected chi connectivity index (χ2v) is 4.78. The minimum absolute atomic E-state index is 0.493. The van der Waals surface area contributed by atoms with Gasteiger partial charge in [0.15, 0.2) is 0 Å². The third-order valence-corrected chi connectivity index (χ3v) is 3.41. The van der Waals surface area contributed by atoms with Gasteiger partial charge >= 0.3 is 0 Å². The van der Waals surface area contributed by atoms with Crippen LogP contribution in [0.4, 0.5) is 0 Å². The zero-order valence-corrected chi connectivity index (χ0v) is 10.0. The minimum Gasteiger partial charge on any atom is -0.254 e. The fourth-order valence-corrected chi connectivity index (χ4v) is 2.24. The number of aryl methyl sites for hydroxylation is 1. The van der Waals surface area contributed by atoms with Gasteiger partial charge in [-0.1, -0.05) is 19.9 Å². The molecule has 0 spiro atoms. The molecular weight excluding hydrogens is 204 g/mol. The smallest absolute Gasteiger partial charge is 0.100 e. The molecular formula is C12H14N2S. The van der Waals surface area contributed by atoms with Gasteiger partial charge < -0.3 is 0 Å². The van der Waals surface area contributed by atoms with Gasteiger partial charge in [0.2, 0.25) is 0 Å².